The van der Waals surface area contributed by atoms with Crippen LogP contribution in [-0.4, -0.2) is 72.6 Å². The van der Waals surface area contributed by atoms with Crippen LogP contribution in [0.4, 0.5) is 0 Å². The predicted molar refractivity (Wildman–Crippen MR) is 97.4 cm³/mol. The molecule has 26 heavy (non-hydrogen) atoms. The Kier molecular flexibility index (Phi) is 7.57. The molecule has 7 heteroatoms. The summed E-state index contributed by atoms with van der Waals surface area (Å²) in [4.78, 5) is 29.3. The molecule has 140 valence electrons. The predicted octanol–water partition coefficient (Wildman–Crippen LogP) is 0.593. The molecule has 0 unspecified atom stereocenters. The first-order valence-corrected chi connectivity index (χ1v) is 8.94. The molecule has 7 nitrogen and oxygen atoms in total. The number of benzene rings is 1. The summed E-state index contributed by atoms with van der Waals surface area (Å²) >= 11 is 0. The number of aliphatic hydroxyl groups excluding tert-OH is 1. The van der Waals surface area contributed by atoms with E-state index in [1.54, 1.807) is 29.2 Å². The van der Waals surface area contributed by atoms with E-state index in [1.165, 1.54) is 0 Å². The molecule has 1 atom stereocenters. The maximum absolute atomic E-state index is 12.9. The number of unbranched alkanes of at least 4 members (excludes halogenated alkanes) is 1. The maximum Gasteiger partial charge on any atom is 0.251 e. The number of carbonyl (C=O) groups is 2. The maximum atomic E-state index is 12.9. The van der Waals surface area contributed by atoms with Gasteiger partial charge in [0.2, 0.25) is 5.91 Å². The van der Waals surface area contributed by atoms with Gasteiger partial charge < -0.3 is 20.2 Å². The molecule has 1 aromatic carbocycles. The van der Waals surface area contributed by atoms with E-state index in [1.807, 2.05) is 13.1 Å². The number of likely N-dealkylation sites (N-methyl/N-ethyl adjacent to an activating group) is 1. The molecule has 0 aliphatic carbocycles. The lowest BCUT2D eigenvalue weighted by atomic mass is 10.1. The first-order chi connectivity index (χ1) is 12.5. The monoisotopic (exact) mass is 358 g/mol. The van der Waals surface area contributed by atoms with Crippen LogP contribution in [0.5, 0.6) is 0 Å². The molecule has 0 saturated carbocycles. The first kappa shape index (κ1) is 19.9. The van der Waals surface area contributed by atoms with Crippen molar-refractivity contribution in [1.29, 1.82) is 5.26 Å². The zero-order valence-electron chi connectivity index (χ0n) is 15.1. The normalized spacial score (nSPS) is 16.0. The third-order valence-corrected chi connectivity index (χ3v) is 4.60. The number of piperazine rings is 1. The van der Waals surface area contributed by atoms with Gasteiger partial charge in [0.05, 0.1) is 11.6 Å². The summed E-state index contributed by atoms with van der Waals surface area (Å²) in [6.07, 6.45) is 1.75. The van der Waals surface area contributed by atoms with Crippen LogP contribution in [0.15, 0.2) is 24.3 Å². The summed E-state index contributed by atoms with van der Waals surface area (Å²) in [6, 6.07) is 7.74. The Labute approximate surface area is 154 Å². The minimum absolute atomic E-state index is 0.0684. The number of hydrogen-bond acceptors (Lipinski definition) is 5. The molecule has 0 radical (unpaired) electrons. The number of hydrogen-bond donors (Lipinski definition) is 2. The van der Waals surface area contributed by atoms with Gasteiger partial charge in [-0.1, -0.05) is 0 Å². The highest BCUT2D eigenvalue weighted by Crippen LogP contribution is 2.10. The van der Waals surface area contributed by atoms with Crippen LogP contribution in [0.2, 0.25) is 0 Å². The van der Waals surface area contributed by atoms with Gasteiger partial charge in [0.1, 0.15) is 6.04 Å². The minimum Gasteiger partial charge on any atom is -0.396 e. The molecule has 0 spiro atoms. The van der Waals surface area contributed by atoms with E-state index in [9.17, 15) is 9.59 Å². The number of rotatable bonds is 7. The molecule has 1 aliphatic heterocycles. The van der Waals surface area contributed by atoms with E-state index in [2.05, 4.69) is 10.2 Å². The van der Waals surface area contributed by atoms with Crippen LogP contribution < -0.4 is 5.32 Å². The Balaban J connectivity index is 2.04. The topological polar surface area (TPSA) is 96.7 Å². The Morgan fingerprint density at radius 1 is 1.19 bits per heavy atom. The highest BCUT2D eigenvalue weighted by molar-refractivity contribution is 5.97. The van der Waals surface area contributed by atoms with Crippen LogP contribution in [0, 0.1) is 11.3 Å². The fourth-order valence-corrected chi connectivity index (χ4v) is 2.90. The zero-order valence-corrected chi connectivity index (χ0v) is 15.1. The van der Waals surface area contributed by atoms with Crippen LogP contribution >= 0.6 is 0 Å². The molecule has 2 N–H and O–H groups in total. The van der Waals surface area contributed by atoms with Crippen molar-refractivity contribution in [2.75, 3.05) is 39.8 Å². The van der Waals surface area contributed by atoms with Crippen LogP contribution in [0.1, 0.15) is 35.2 Å². The quantitative estimate of drug-likeness (QED) is 0.696. The van der Waals surface area contributed by atoms with Gasteiger partial charge in [0.25, 0.3) is 5.91 Å². The summed E-state index contributed by atoms with van der Waals surface area (Å²) < 4.78 is 0. The highest BCUT2D eigenvalue weighted by Gasteiger charge is 2.27. The number of nitriles is 1. The van der Waals surface area contributed by atoms with Gasteiger partial charge in [0, 0.05) is 38.3 Å². The van der Waals surface area contributed by atoms with Crippen LogP contribution in [0.25, 0.3) is 0 Å². The summed E-state index contributed by atoms with van der Waals surface area (Å²) in [5.74, 6) is -0.399. The van der Waals surface area contributed by atoms with Gasteiger partial charge >= 0.3 is 0 Å². The minimum atomic E-state index is -0.604. The van der Waals surface area contributed by atoms with Crippen molar-refractivity contribution in [3.05, 3.63) is 35.4 Å². The second-order valence-corrected chi connectivity index (χ2v) is 6.56. The third-order valence-electron chi connectivity index (χ3n) is 4.60. The SMILES string of the molecule is CN1CCN(C(=O)[C@H](CCCCO)NC(=O)c2ccc(C#N)cc2)CC1. The van der Waals surface area contributed by atoms with E-state index >= 15 is 0 Å². The molecule has 2 amide bonds. The summed E-state index contributed by atoms with van der Waals surface area (Å²) in [5.41, 5.74) is 0.900. The first-order valence-electron chi connectivity index (χ1n) is 8.94. The Bertz CT molecular complexity index is 646. The van der Waals surface area contributed by atoms with E-state index < -0.39 is 6.04 Å². The highest BCUT2D eigenvalue weighted by atomic mass is 16.3. The zero-order chi connectivity index (χ0) is 18.9. The number of carbonyl (C=O) groups excluding carboxylic acids is 2. The van der Waals surface area contributed by atoms with Crippen LogP contribution in [-0.2, 0) is 4.79 Å². The number of aliphatic hydroxyl groups is 1. The molecule has 2 rings (SSSR count). The second-order valence-electron chi connectivity index (χ2n) is 6.56. The number of amides is 2. The Morgan fingerprint density at radius 2 is 1.85 bits per heavy atom. The van der Waals surface area contributed by atoms with Gasteiger partial charge in [-0.3, -0.25) is 9.59 Å². The molecule has 1 aromatic rings. The van der Waals surface area contributed by atoms with Crippen molar-refractivity contribution >= 4 is 11.8 Å². The average Bonchev–Trinajstić information content (AvgIpc) is 2.67. The number of nitrogens with one attached hydrogen (secondary N) is 1. The van der Waals surface area contributed by atoms with E-state index in [0.717, 1.165) is 13.1 Å². The molecule has 0 bridgehead atoms. The van der Waals surface area contributed by atoms with E-state index in [0.29, 0.717) is 43.5 Å². The molecule has 1 aliphatic rings. The summed E-state index contributed by atoms with van der Waals surface area (Å²) in [6.45, 7) is 3.01. The van der Waals surface area contributed by atoms with Crippen LogP contribution in [0.3, 0.4) is 0 Å². The van der Waals surface area contributed by atoms with Crippen molar-refractivity contribution in [2.24, 2.45) is 0 Å². The van der Waals surface area contributed by atoms with Crippen molar-refractivity contribution in [2.45, 2.75) is 25.3 Å². The lowest BCUT2D eigenvalue weighted by Crippen LogP contribution is -2.54. The fourth-order valence-electron chi connectivity index (χ4n) is 2.90. The largest absolute Gasteiger partial charge is 0.396 e. The van der Waals surface area contributed by atoms with Crippen molar-refractivity contribution in [1.82, 2.24) is 15.1 Å². The molecule has 1 heterocycles. The smallest absolute Gasteiger partial charge is 0.251 e. The average molecular weight is 358 g/mol. The van der Waals surface area contributed by atoms with Crippen molar-refractivity contribution < 1.29 is 14.7 Å². The standard InChI is InChI=1S/C19H26N4O3/c1-22-9-11-23(12-10-22)19(26)17(4-2-3-13-24)21-18(25)16-7-5-15(14-20)6-8-16/h5-8,17,24H,2-4,9-13H2,1H3,(H,21,25)/t17-/m0/s1. The van der Waals surface area contributed by atoms with E-state index in [-0.39, 0.29) is 18.4 Å². The lowest BCUT2D eigenvalue weighted by molar-refractivity contribution is -0.135. The fraction of sp³-hybridized carbons (Fsp3) is 0.526. The molecular weight excluding hydrogens is 332 g/mol. The number of nitrogens with zero attached hydrogens (tertiary/aromatic N) is 3. The van der Waals surface area contributed by atoms with Gasteiger partial charge in [-0.25, -0.2) is 0 Å². The molecular formula is C19H26N4O3. The third kappa shape index (κ3) is 5.55. The summed E-state index contributed by atoms with van der Waals surface area (Å²) in [5, 5.41) is 20.7. The van der Waals surface area contributed by atoms with Crippen molar-refractivity contribution in [3.63, 3.8) is 0 Å². The lowest BCUT2D eigenvalue weighted by Gasteiger charge is -2.34. The Hall–Kier alpha value is -2.43. The molecule has 1 saturated heterocycles. The van der Waals surface area contributed by atoms with E-state index in [4.69, 9.17) is 10.4 Å². The Morgan fingerprint density at radius 3 is 2.42 bits per heavy atom. The summed E-state index contributed by atoms with van der Waals surface area (Å²) in [7, 11) is 2.02. The van der Waals surface area contributed by atoms with Gasteiger partial charge in [-0.2, -0.15) is 5.26 Å². The van der Waals surface area contributed by atoms with Crippen molar-refractivity contribution in [3.8, 4) is 6.07 Å². The van der Waals surface area contributed by atoms with Gasteiger partial charge in [0.15, 0.2) is 0 Å². The second kappa shape index (κ2) is 9.90. The molecule has 0 aromatic heterocycles. The van der Waals surface area contributed by atoms with Gasteiger partial charge in [-0.05, 0) is 50.6 Å². The van der Waals surface area contributed by atoms with Gasteiger partial charge in [-0.15, -0.1) is 0 Å². The molecule has 1 fully saturated rings.